The summed E-state index contributed by atoms with van der Waals surface area (Å²) in [6.45, 7) is 2.29. The van der Waals surface area contributed by atoms with Gasteiger partial charge in [0.2, 0.25) is 0 Å². The molecule has 1 aromatic rings. The third-order valence-electron chi connectivity index (χ3n) is 4.27. The van der Waals surface area contributed by atoms with Crippen molar-refractivity contribution in [3.63, 3.8) is 0 Å². The van der Waals surface area contributed by atoms with Crippen LogP contribution in [0.5, 0.6) is 0 Å². The van der Waals surface area contributed by atoms with Crippen LogP contribution in [0.4, 0.5) is 0 Å². The molecule has 0 aliphatic carbocycles. The molecule has 0 amide bonds. The van der Waals surface area contributed by atoms with Crippen LogP contribution >= 0.6 is 0 Å². The van der Waals surface area contributed by atoms with E-state index in [9.17, 15) is 0 Å². The summed E-state index contributed by atoms with van der Waals surface area (Å²) >= 11 is 0. The highest BCUT2D eigenvalue weighted by Crippen LogP contribution is 2.12. The molecule has 1 radical (unpaired) electrons. The van der Waals surface area contributed by atoms with Crippen molar-refractivity contribution < 1.29 is 0 Å². The first kappa shape index (κ1) is 19.0. The van der Waals surface area contributed by atoms with Crippen LogP contribution in [0.15, 0.2) is 30.3 Å². The van der Waals surface area contributed by atoms with Gasteiger partial charge in [0.05, 0.1) is 0 Å². The molecule has 1 aromatic carbocycles. The molecule has 0 aliphatic heterocycles. The Morgan fingerprint density at radius 1 is 0.818 bits per heavy atom. The highest BCUT2D eigenvalue weighted by atomic mass is 14.0. The van der Waals surface area contributed by atoms with Gasteiger partial charge in [-0.2, -0.15) is 0 Å². The molecule has 0 fully saturated rings. The fourth-order valence-corrected chi connectivity index (χ4v) is 2.83. The molecule has 0 atom stereocenters. The fraction of sp³-hybridized carbons (Fsp3) is 0.636. The zero-order chi connectivity index (χ0) is 15.7. The molecule has 0 aliphatic rings. The SMILES string of the molecule is CCCCCCCCCCCCCC/C=C/c1c[c]ccc1. The molecule has 22 heavy (non-hydrogen) atoms. The standard InChI is InChI=1S/C22H35/c1-2-3-4-5-6-7-8-9-10-11-12-13-14-16-19-22-20-17-15-18-21-22/h15-17,19-21H,2-14H2,1H3/b19-16+. The minimum atomic E-state index is 1.21. The fourth-order valence-electron chi connectivity index (χ4n) is 2.83. The summed E-state index contributed by atoms with van der Waals surface area (Å²) in [5.41, 5.74) is 1.27. The number of hydrogen-bond acceptors (Lipinski definition) is 0. The first-order valence-corrected chi connectivity index (χ1v) is 9.56. The van der Waals surface area contributed by atoms with E-state index in [1.807, 2.05) is 18.2 Å². The lowest BCUT2D eigenvalue weighted by atomic mass is 10.0. The zero-order valence-electron chi connectivity index (χ0n) is 14.7. The van der Waals surface area contributed by atoms with Gasteiger partial charge in [-0.3, -0.25) is 0 Å². The van der Waals surface area contributed by atoms with E-state index in [-0.39, 0.29) is 0 Å². The molecular weight excluding hydrogens is 264 g/mol. The van der Waals surface area contributed by atoms with E-state index in [4.69, 9.17) is 0 Å². The second-order valence-corrected chi connectivity index (χ2v) is 6.42. The third kappa shape index (κ3) is 11.6. The Bertz CT molecular complexity index is 350. The van der Waals surface area contributed by atoms with E-state index in [0.29, 0.717) is 0 Å². The first-order valence-electron chi connectivity index (χ1n) is 9.56. The van der Waals surface area contributed by atoms with Gasteiger partial charge in [-0.25, -0.2) is 0 Å². The lowest BCUT2D eigenvalue weighted by Gasteiger charge is -2.02. The van der Waals surface area contributed by atoms with Crippen molar-refractivity contribution in [1.29, 1.82) is 0 Å². The monoisotopic (exact) mass is 299 g/mol. The van der Waals surface area contributed by atoms with Gasteiger partial charge in [0.15, 0.2) is 0 Å². The predicted octanol–water partition coefficient (Wildman–Crippen LogP) is 7.59. The highest BCUT2D eigenvalue weighted by molar-refractivity contribution is 5.48. The van der Waals surface area contributed by atoms with Gasteiger partial charge < -0.3 is 0 Å². The van der Waals surface area contributed by atoms with Crippen LogP contribution in [0.25, 0.3) is 6.08 Å². The number of rotatable bonds is 14. The number of hydrogen-bond donors (Lipinski definition) is 0. The molecular formula is C22H35. The second-order valence-electron chi connectivity index (χ2n) is 6.42. The Morgan fingerprint density at radius 3 is 1.95 bits per heavy atom. The van der Waals surface area contributed by atoms with Crippen molar-refractivity contribution in [2.24, 2.45) is 0 Å². The Labute approximate surface area is 139 Å². The molecule has 0 heteroatoms. The summed E-state index contributed by atoms with van der Waals surface area (Å²) in [6, 6.07) is 11.3. The maximum Gasteiger partial charge on any atom is -0.0178 e. The van der Waals surface area contributed by atoms with Crippen LogP contribution < -0.4 is 0 Å². The molecule has 0 saturated carbocycles. The van der Waals surface area contributed by atoms with Gasteiger partial charge in [-0.05, 0) is 30.5 Å². The number of unbranched alkanes of at least 4 members (excludes halogenated alkanes) is 12. The third-order valence-corrected chi connectivity index (χ3v) is 4.27. The maximum absolute atomic E-state index is 3.11. The van der Waals surface area contributed by atoms with Crippen LogP contribution in [-0.4, -0.2) is 0 Å². The molecule has 0 N–H and O–H groups in total. The molecule has 0 aromatic heterocycles. The molecule has 0 unspecified atom stereocenters. The predicted molar refractivity (Wildman–Crippen MR) is 100 cm³/mol. The molecule has 0 bridgehead atoms. The quantitative estimate of drug-likeness (QED) is 0.310. The van der Waals surface area contributed by atoms with Crippen LogP contribution in [0, 0.1) is 6.07 Å². The van der Waals surface area contributed by atoms with E-state index in [1.54, 1.807) is 0 Å². The van der Waals surface area contributed by atoms with Crippen molar-refractivity contribution in [2.75, 3.05) is 0 Å². The smallest absolute Gasteiger partial charge is 0.0178 e. The van der Waals surface area contributed by atoms with Gasteiger partial charge in [-0.15, -0.1) is 0 Å². The summed E-state index contributed by atoms with van der Waals surface area (Å²) in [4.78, 5) is 0. The topological polar surface area (TPSA) is 0 Å². The summed E-state index contributed by atoms with van der Waals surface area (Å²) < 4.78 is 0. The summed E-state index contributed by atoms with van der Waals surface area (Å²) in [5, 5.41) is 0. The van der Waals surface area contributed by atoms with Crippen molar-refractivity contribution >= 4 is 6.08 Å². The lowest BCUT2D eigenvalue weighted by Crippen LogP contribution is -1.82. The van der Waals surface area contributed by atoms with Crippen molar-refractivity contribution in [2.45, 2.75) is 90.4 Å². The molecule has 0 heterocycles. The van der Waals surface area contributed by atoms with Crippen LogP contribution in [-0.2, 0) is 0 Å². The minimum Gasteiger partial charge on any atom is -0.0839 e. The summed E-state index contributed by atoms with van der Waals surface area (Å²) in [6.07, 6.45) is 22.8. The summed E-state index contributed by atoms with van der Waals surface area (Å²) in [7, 11) is 0. The Kier molecular flexibility index (Phi) is 12.9. The van der Waals surface area contributed by atoms with E-state index in [1.165, 1.54) is 89.0 Å². The van der Waals surface area contributed by atoms with E-state index in [0.717, 1.165) is 0 Å². The normalized spacial score (nSPS) is 11.3. The van der Waals surface area contributed by atoms with E-state index < -0.39 is 0 Å². The molecule has 123 valence electrons. The Morgan fingerprint density at radius 2 is 1.41 bits per heavy atom. The highest BCUT2D eigenvalue weighted by Gasteiger charge is 1.93. The van der Waals surface area contributed by atoms with Gasteiger partial charge in [0.25, 0.3) is 0 Å². The van der Waals surface area contributed by atoms with Gasteiger partial charge in [0.1, 0.15) is 0 Å². The Hall–Kier alpha value is -1.04. The van der Waals surface area contributed by atoms with Gasteiger partial charge >= 0.3 is 0 Å². The number of allylic oxidation sites excluding steroid dienone is 1. The largest absolute Gasteiger partial charge is 0.0839 e. The second kappa shape index (κ2) is 14.9. The zero-order valence-corrected chi connectivity index (χ0v) is 14.7. The van der Waals surface area contributed by atoms with Crippen molar-refractivity contribution in [3.8, 4) is 0 Å². The van der Waals surface area contributed by atoms with E-state index in [2.05, 4.69) is 31.2 Å². The number of benzene rings is 1. The van der Waals surface area contributed by atoms with Crippen LogP contribution in [0.3, 0.4) is 0 Å². The van der Waals surface area contributed by atoms with Crippen LogP contribution in [0.2, 0.25) is 0 Å². The molecule has 0 saturated heterocycles. The van der Waals surface area contributed by atoms with E-state index >= 15 is 0 Å². The van der Waals surface area contributed by atoms with Gasteiger partial charge in [-0.1, -0.05) is 108 Å². The molecule has 0 spiro atoms. The first-order chi connectivity index (χ1) is 10.9. The van der Waals surface area contributed by atoms with Gasteiger partial charge in [0, 0.05) is 0 Å². The van der Waals surface area contributed by atoms with Crippen molar-refractivity contribution in [1.82, 2.24) is 0 Å². The molecule has 0 nitrogen and oxygen atoms in total. The maximum atomic E-state index is 3.11. The average molecular weight is 300 g/mol. The molecule has 1 rings (SSSR count). The van der Waals surface area contributed by atoms with Crippen LogP contribution in [0.1, 0.15) is 96.0 Å². The van der Waals surface area contributed by atoms with Crippen molar-refractivity contribution in [3.05, 3.63) is 42.0 Å². The minimum absolute atomic E-state index is 1.21. The summed E-state index contributed by atoms with van der Waals surface area (Å²) in [5.74, 6) is 0. The Balaban J connectivity index is 1.79. The lowest BCUT2D eigenvalue weighted by molar-refractivity contribution is 0.545. The average Bonchev–Trinajstić information content (AvgIpc) is 2.56.